The van der Waals surface area contributed by atoms with Gasteiger partial charge in [0.25, 0.3) is 5.91 Å². The summed E-state index contributed by atoms with van der Waals surface area (Å²) in [5, 5.41) is 17.7. The molecule has 4 heteroatoms. The van der Waals surface area contributed by atoms with Crippen molar-refractivity contribution in [3.05, 3.63) is 11.6 Å². The van der Waals surface area contributed by atoms with Crippen LogP contribution in [0.4, 0.5) is 0 Å². The minimum absolute atomic E-state index is 0.383. The number of nitrogens with zero attached hydrogens (tertiary/aromatic N) is 1. The number of hydrogen-bond donors (Lipinski definition) is 2. The van der Waals surface area contributed by atoms with Gasteiger partial charge in [-0.15, -0.1) is 0 Å². The maximum absolute atomic E-state index is 11.3. The molecule has 74 valence electrons. The molecule has 0 aliphatic carbocycles. The third-order valence-electron chi connectivity index (χ3n) is 2.21. The molecule has 1 amide bonds. The van der Waals surface area contributed by atoms with Gasteiger partial charge in [-0.3, -0.25) is 4.79 Å². The van der Waals surface area contributed by atoms with E-state index in [4.69, 9.17) is 10.2 Å². The van der Waals surface area contributed by atoms with Gasteiger partial charge in [0, 0.05) is 13.1 Å². The Morgan fingerprint density at radius 1 is 1.77 bits per heavy atom. The first-order valence-corrected chi connectivity index (χ1v) is 4.38. The van der Waals surface area contributed by atoms with Gasteiger partial charge in [-0.05, 0) is 13.3 Å². The van der Waals surface area contributed by atoms with Gasteiger partial charge >= 0.3 is 0 Å². The molecule has 0 spiro atoms. The molecule has 1 atom stereocenters. The Bertz CT molecular complexity index is 225. The van der Waals surface area contributed by atoms with Gasteiger partial charge in [-0.1, -0.05) is 11.6 Å². The first-order chi connectivity index (χ1) is 6.15. The maximum Gasteiger partial charge on any atom is 0.254 e. The molecule has 0 bridgehead atoms. The van der Waals surface area contributed by atoms with Gasteiger partial charge in [-0.25, -0.2) is 0 Å². The van der Waals surface area contributed by atoms with Gasteiger partial charge < -0.3 is 15.1 Å². The minimum Gasteiger partial charge on any atom is -0.393 e. The summed E-state index contributed by atoms with van der Waals surface area (Å²) >= 11 is 0. The molecule has 1 aliphatic heterocycles. The predicted molar refractivity (Wildman–Crippen MR) is 48.0 cm³/mol. The standard InChI is InChI=1S/C9H15NO3/c1-7-2-4-10(5-3-7)9(13)8(12)6-11/h2,8,11-12H,3-6H2,1H3. The highest BCUT2D eigenvalue weighted by Crippen LogP contribution is 2.10. The number of aliphatic hydroxyl groups excluding tert-OH is 2. The molecule has 1 heterocycles. The molecule has 0 aromatic heterocycles. The SMILES string of the molecule is CC1=CCN(C(=O)C(O)CO)CC1. The van der Waals surface area contributed by atoms with Crippen LogP contribution in [0, 0.1) is 0 Å². The highest BCUT2D eigenvalue weighted by molar-refractivity contribution is 5.81. The zero-order valence-corrected chi connectivity index (χ0v) is 7.73. The van der Waals surface area contributed by atoms with Crippen LogP contribution in [0.5, 0.6) is 0 Å². The number of aliphatic hydroxyl groups is 2. The normalized spacial score (nSPS) is 19.6. The van der Waals surface area contributed by atoms with E-state index in [1.54, 1.807) is 4.90 Å². The molecular formula is C9H15NO3. The summed E-state index contributed by atoms with van der Waals surface area (Å²) in [5.74, 6) is -0.383. The first-order valence-electron chi connectivity index (χ1n) is 4.38. The average Bonchev–Trinajstić information content (AvgIpc) is 2.17. The van der Waals surface area contributed by atoms with Crippen molar-refractivity contribution >= 4 is 5.91 Å². The van der Waals surface area contributed by atoms with Crippen LogP contribution in [-0.4, -0.2) is 46.8 Å². The minimum atomic E-state index is -1.26. The Balaban J connectivity index is 2.50. The van der Waals surface area contributed by atoms with Crippen LogP contribution in [0.15, 0.2) is 11.6 Å². The fourth-order valence-corrected chi connectivity index (χ4v) is 1.26. The molecule has 13 heavy (non-hydrogen) atoms. The molecule has 1 unspecified atom stereocenters. The summed E-state index contributed by atoms with van der Waals surface area (Å²) in [4.78, 5) is 12.9. The molecule has 0 fully saturated rings. The topological polar surface area (TPSA) is 60.8 Å². The predicted octanol–water partition coefficient (Wildman–Crippen LogP) is -0.482. The summed E-state index contributed by atoms with van der Waals surface area (Å²) in [6.07, 6.45) is 1.56. The molecule has 0 saturated carbocycles. The van der Waals surface area contributed by atoms with Crippen LogP contribution in [0.2, 0.25) is 0 Å². The summed E-state index contributed by atoms with van der Waals surface area (Å²) in [6, 6.07) is 0. The first kappa shape index (κ1) is 10.2. The van der Waals surface area contributed by atoms with Gasteiger partial charge in [0.1, 0.15) is 0 Å². The van der Waals surface area contributed by atoms with Crippen molar-refractivity contribution in [3.63, 3.8) is 0 Å². The van der Waals surface area contributed by atoms with Crippen molar-refractivity contribution in [2.45, 2.75) is 19.4 Å². The van der Waals surface area contributed by atoms with Crippen LogP contribution >= 0.6 is 0 Å². The van der Waals surface area contributed by atoms with Crippen LogP contribution in [-0.2, 0) is 4.79 Å². The third kappa shape index (κ3) is 2.54. The van der Waals surface area contributed by atoms with Gasteiger partial charge in [0.2, 0.25) is 0 Å². The van der Waals surface area contributed by atoms with E-state index in [0.29, 0.717) is 13.1 Å². The highest BCUT2D eigenvalue weighted by atomic mass is 16.3. The fourth-order valence-electron chi connectivity index (χ4n) is 1.26. The van der Waals surface area contributed by atoms with Crippen molar-refractivity contribution in [1.82, 2.24) is 4.90 Å². The Morgan fingerprint density at radius 2 is 2.46 bits per heavy atom. The lowest BCUT2D eigenvalue weighted by Crippen LogP contribution is -2.42. The summed E-state index contributed by atoms with van der Waals surface area (Å²) < 4.78 is 0. The van der Waals surface area contributed by atoms with E-state index in [1.165, 1.54) is 5.57 Å². The molecular weight excluding hydrogens is 170 g/mol. The summed E-state index contributed by atoms with van der Waals surface area (Å²) in [6.45, 7) is 2.70. The Labute approximate surface area is 77.5 Å². The third-order valence-corrected chi connectivity index (χ3v) is 2.21. The summed E-state index contributed by atoms with van der Waals surface area (Å²) in [7, 11) is 0. The second kappa shape index (κ2) is 4.39. The number of amides is 1. The fraction of sp³-hybridized carbons (Fsp3) is 0.667. The molecule has 0 aromatic carbocycles. The Kier molecular flexibility index (Phi) is 3.45. The lowest BCUT2D eigenvalue weighted by molar-refractivity contribution is -0.141. The zero-order chi connectivity index (χ0) is 9.84. The number of rotatable bonds is 2. The van der Waals surface area contributed by atoms with E-state index >= 15 is 0 Å². The van der Waals surface area contributed by atoms with E-state index in [0.717, 1.165) is 6.42 Å². The average molecular weight is 185 g/mol. The molecule has 4 nitrogen and oxygen atoms in total. The van der Waals surface area contributed by atoms with Gasteiger partial charge in [-0.2, -0.15) is 0 Å². The van der Waals surface area contributed by atoms with Gasteiger partial charge in [0.15, 0.2) is 6.10 Å². The van der Waals surface area contributed by atoms with E-state index < -0.39 is 12.7 Å². The number of carbonyl (C=O) groups is 1. The molecule has 1 aliphatic rings. The monoisotopic (exact) mass is 185 g/mol. The number of hydrogen-bond acceptors (Lipinski definition) is 3. The molecule has 1 rings (SSSR count). The van der Waals surface area contributed by atoms with Crippen LogP contribution < -0.4 is 0 Å². The zero-order valence-electron chi connectivity index (χ0n) is 7.73. The molecule has 0 saturated heterocycles. The number of carbonyl (C=O) groups excluding carboxylic acids is 1. The van der Waals surface area contributed by atoms with Crippen LogP contribution in [0.25, 0.3) is 0 Å². The van der Waals surface area contributed by atoms with Crippen molar-refractivity contribution in [3.8, 4) is 0 Å². The lowest BCUT2D eigenvalue weighted by Gasteiger charge is -2.26. The largest absolute Gasteiger partial charge is 0.393 e. The van der Waals surface area contributed by atoms with E-state index in [2.05, 4.69) is 0 Å². The van der Waals surface area contributed by atoms with Crippen LogP contribution in [0.1, 0.15) is 13.3 Å². The highest BCUT2D eigenvalue weighted by Gasteiger charge is 2.21. The second-order valence-electron chi connectivity index (χ2n) is 3.28. The molecule has 2 N–H and O–H groups in total. The van der Waals surface area contributed by atoms with E-state index in [1.807, 2.05) is 13.0 Å². The second-order valence-corrected chi connectivity index (χ2v) is 3.28. The smallest absolute Gasteiger partial charge is 0.254 e. The van der Waals surface area contributed by atoms with Crippen molar-refractivity contribution in [1.29, 1.82) is 0 Å². The molecule has 0 radical (unpaired) electrons. The van der Waals surface area contributed by atoms with E-state index in [9.17, 15) is 4.79 Å². The van der Waals surface area contributed by atoms with Gasteiger partial charge in [0.05, 0.1) is 6.61 Å². The van der Waals surface area contributed by atoms with Crippen molar-refractivity contribution in [2.75, 3.05) is 19.7 Å². The van der Waals surface area contributed by atoms with Crippen molar-refractivity contribution < 1.29 is 15.0 Å². The lowest BCUT2D eigenvalue weighted by atomic mass is 10.1. The quantitative estimate of drug-likeness (QED) is 0.571. The van der Waals surface area contributed by atoms with E-state index in [-0.39, 0.29) is 5.91 Å². The Hall–Kier alpha value is -0.870. The maximum atomic E-state index is 11.3. The van der Waals surface area contributed by atoms with Crippen molar-refractivity contribution in [2.24, 2.45) is 0 Å². The molecule has 0 aromatic rings. The van der Waals surface area contributed by atoms with Crippen LogP contribution in [0.3, 0.4) is 0 Å². The Morgan fingerprint density at radius 3 is 2.92 bits per heavy atom. The summed E-state index contributed by atoms with van der Waals surface area (Å²) in [5.41, 5.74) is 1.27.